The van der Waals surface area contributed by atoms with Crippen LogP contribution in [0.1, 0.15) is 19.3 Å². The summed E-state index contributed by atoms with van der Waals surface area (Å²) in [4.78, 5) is 19.7. The SMILES string of the molecule is Cl.O=c1nc2n(CCN3CCCCC3)c3ccccc3n2nc1-c1ccccc1. The van der Waals surface area contributed by atoms with E-state index in [9.17, 15) is 4.79 Å². The van der Waals surface area contributed by atoms with Gasteiger partial charge in [-0.2, -0.15) is 14.6 Å². The third-order valence-corrected chi connectivity index (χ3v) is 5.57. The summed E-state index contributed by atoms with van der Waals surface area (Å²) in [5.41, 5.74) is 2.93. The Bertz CT molecular complexity index is 1180. The molecule has 3 heterocycles. The lowest BCUT2D eigenvalue weighted by molar-refractivity contribution is 0.222. The average molecular weight is 410 g/mol. The van der Waals surface area contributed by atoms with Crippen LogP contribution in [0.3, 0.4) is 0 Å². The van der Waals surface area contributed by atoms with E-state index in [0.29, 0.717) is 11.5 Å². The molecule has 150 valence electrons. The van der Waals surface area contributed by atoms with Crippen LogP contribution >= 0.6 is 12.4 Å². The second-order valence-electron chi connectivity index (χ2n) is 7.39. The Morgan fingerprint density at radius 3 is 2.28 bits per heavy atom. The third kappa shape index (κ3) is 3.66. The lowest BCUT2D eigenvalue weighted by Gasteiger charge is -2.26. The Labute approximate surface area is 175 Å². The van der Waals surface area contributed by atoms with E-state index < -0.39 is 0 Å². The van der Waals surface area contributed by atoms with Gasteiger partial charge in [-0.25, -0.2) is 0 Å². The molecule has 0 N–H and O–H groups in total. The van der Waals surface area contributed by atoms with Crippen molar-refractivity contribution >= 4 is 29.2 Å². The zero-order chi connectivity index (χ0) is 18.9. The van der Waals surface area contributed by atoms with Crippen molar-refractivity contribution in [3.63, 3.8) is 0 Å². The summed E-state index contributed by atoms with van der Waals surface area (Å²) in [5, 5.41) is 4.70. The van der Waals surface area contributed by atoms with Crippen LogP contribution in [0.5, 0.6) is 0 Å². The van der Waals surface area contributed by atoms with Gasteiger partial charge in [0.2, 0.25) is 5.78 Å². The van der Waals surface area contributed by atoms with Crippen molar-refractivity contribution in [1.82, 2.24) is 24.1 Å². The molecular weight excluding hydrogens is 386 g/mol. The molecule has 0 unspecified atom stereocenters. The first-order valence-electron chi connectivity index (χ1n) is 9.97. The molecule has 0 atom stereocenters. The first-order chi connectivity index (χ1) is 13.8. The van der Waals surface area contributed by atoms with Gasteiger partial charge in [0.1, 0.15) is 0 Å². The van der Waals surface area contributed by atoms with Gasteiger partial charge in [-0.3, -0.25) is 4.79 Å². The van der Waals surface area contributed by atoms with Gasteiger partial charge in [0, 0.05) is 18.7 Å². The number of imidazole rings is 1. The fourth-order valence-electron chi connectivity index (χ4n) is 4.12. The van der Waals surface area contributed by atoms with Gasteiger partial charge in [0.15, 0.2) is 5.69 Å². The highest BCUT2D eigenvalue weighted by molar-refractivity contribution is 5.85. The summed E-state index contributed by atoms with van der Waals surface area (Å²) in [7, 11) is 0. The Balaban J connectivity index is 0.00000205. The van der Waals surface area contributed by atoms with Crippen LogP contribution in [-0.2, 0) is 6.54 Å². The monoisotopic (exact) mass is 409 g/mol. The van der Waals surface area contributed by atoms with Crippen molar-refractivity contribution in [3.8, 4) is 11.3 Å². The van der Waals surface area contributed by atoms with E-state index in [0.717, 1.165) is 42.8 Å². The molecular formula is C22H24ClN5O. The minimum absolute atomic E-state index is 0. The summed E-state index contributed by atoms with van der Waals surface area (Å²) in [6.07, 6.45) is 3.87. The zero-order valence-corrected chi connectivity index (χ0v) is 17.0. The van der Waals surface area contributed by atoms with E-state index in [4.69, 9.17) is 5.10 Å². The van der Waals surface area contributed by atoms with E-state index in [1.54, 1.807) is 0 Å². The molecule has 2 aromatic heterocycles. The van der Waals surface area contributed by atoms with E-state index in [1.165, 1.54) is 19.3 Å². The fraction of sp³-hybridized carbons (Fsp3) is 0.318. The Morgan fingerprint density at radius 1 is 0.828 bits per heavy atom. The summed E-state index contributed by atoms with van der Waals surface area (Å²) < 4.78 is 3.95. The Hall–Kier alpha value is -2.70. The fourth-order valence-corrected chi connectivity index (χ4v) is 4.12. The van der Waals surface area contributed by atoms with E-state index in [2.05, 4.69) is 20.5 Å². The number of rotatable bonds is 4. The number of halogens is 1. The first kappa shape index (κ1) is 19.6. The van der Waals surface area contributed by atoms with Crippen molar-refractivity contribution in [1.29, 1.82) is 0 Å². The van der Waals surface area contributed by atoms with Crippen LogP contribution in [0.15, 0.2) is 59.4 Å². The predicted molar refractivity (Wildman–Crippen MR) is 118 cm³/mol. The Kier molecular flexibility index (Phi) is 5.65. The van der Waals surface area contributed by atoms with Gasteiger partial charge >= 0.3 is 5.56 Å². The Morgan fingerprint density at radius 2 is 1.52 bits per heavy atom. The molecule has 4 aromatic rings. The maximum absolute atomic E-state index is 12.8. The summed E-state index contributed by atoms with van der Waals surface area (Å²) in [5.74, 6) is 0.614. The summed E-state index contributed by atoms with van der Waals surface area (Å²) in [6.45, 7) is 4.07. The van der Waals surface area contributed by atoms with Gasteiger partial charge in [0.25, 0.3) is 0 Å². The van der Waals surface area contributed by atoms with Crippen molar-refractivity contribution in [2.24, 2.45) is 0 Å². The second-order valence-corrected chi connectivity index (χ2v) is 7.39. The quantitative estimate of drug-likeness (QED) is 0.516. The van der Waals surface area contributed by atoms with Gasteiger partial charge < -0.3 is 9.47 Å². The molecule has 0 radical (unpaired) electrons. The van der Waals surface area contributed by atoms with Crippen molar-refractivity contribution < 1.29 is 0 Å². The number of para-hydroxylation sites is 2. The van der Waals surface area contributed by atoms with Crippen LogP contribution in [0.25, 0.3) is 28.1 Å². The maximum Gasteiger partial charge on any atom is 0.301 e. The van der Waals surface area contributed by atoms with Gasteiger partial charge in [-0.1, -0.05) is 48.9 Å². The van der Waals surface area contributed by atoms with Gasteiger partial charge in [-0.15, -0.1) is 12.4 Å². The highest BCUT2D eigenvalue weighted by atomic mass is 35.5. The van der Waals surface area contributed by atoms with Crippen molar-refractivity contribution in [2.75, 3.05) is 19.6 Å². The van der Waals surface area contributed by atoms with Crippen LogP contribution in [0.4, 0.5) is 0 Å². The molecule has 6 nitrogen and oxygen atoms in total. The molecule has 1 aliphatic heterocycles. The minimum Gasteiger partial charge on any atom is -0.307 e. The number of nitrogens with zero attached hydrogens (tertiary/aromatic N) is 5. The zero-order valence-electron chi connectivity index (χ0n) is 16.2. The number of hydrogen-bond acceptors (Lipinski definition) is 4. The van der Waals surface area contributed by atoms with Crippen LogP contribution < -0.4 is 5.56 Å². The highest BCUT2D eigenvalue weighted by Gasteiger charge is 2.17. The van der Waals surface area contributed by atoms with Crippen LogP contribution in [0, 0.1) is 0 Å². The number of benzene rings is 2. The molecule has 0 saturated carbocycles. The third-order valence-electron chi connectivity index (χ3n) is 5.57. The largest absolute Gasteiger partial charge is 0.307 e. The number of fused-ring (bicyclic) bond motifs is 3. The molecule has 1 saturated heterocycles. The molecule has 29 heavy (non-hydrogen) atoms. The topological polar surface area (TPSA) is 55.4 Å². The van der Waals surface area contributed by atoms with Crippen LogP contribution in [-0.4, -0.2) is 43.7 Å². The molecule has 5 rings (SSSR count). The number of hydrogen-bond donors (Lipinski definition) is 0. The number of likely N-dealkylation sites (tertiary alicyclic amines) is 1. The number of aromatic nitrogens is 4. The first-order valence-corrected chi connectivity index (χ1v) is 9.97. The molecule has 1 aliphatic rings. The minimum atomic E-state index is -0.284. The number of piperidine rings is 1. The highest BCUT2D eigenvalue weighted by Crippen LogP contribution is 2.20. The van der Waals surface area contributed by atoms with Crippen molar-refractivity contribution in [2.45, 2.75) is 25.8 Å². The van der Waals surface area contributed by atoms with Gasteiger partial charge in [-0.05, 0) is 38.1 Å². The molecule has 0 aliphatic carbocycles. The van der Waals surface area contributed by atoms with E-state index in [-0.39, 0.29) is 18.0 Å². The lowest BCUT2D eigenvalue weighted by atomic mass is 10.1. The maximum atomic E-state index is 12.8. The predicted octanol–water partition coefficient (Wildman–Crippen LogP) is 3.62. The summed E-state index contributed by atoms with van der Waals surface area (Å²) >= 11 is 0. The smallest absolute Gasteiger partial charge is 0.301 e. The standard InChI is InChI=1S/C22H23N5O.ClH/c28-21-20(17-9-3-1-4-10-17)24-27-19-12-6-5-11-18(19)26(22(27)23-21)16-15-25-13-7-2-8-14-25;/h1,3-6,9-12H,2,7-8,13-16H2;1H. The molecule has 2 aromatic carbocycles. The summed E-state index contributed by atoms with van der Waals surface area (Å²) in [6, 6.07) is 17.7. The molecule has 0 amide bonds. The second kappa shape index (κ2) is 8.35. The normalized spacial score (nSPS) is 14.9. The van der Waals surface area contributed by atoms with Gasteiger partial charge in [0.05, 0.1) is 11.0 Å². The van der Waals surface area contributed by atoms with E-state index >= 15 is 0 Å². The molecule has 0 bridgehead atoms. The van der Waals surface area contributed by atoms with Crippen molar-refractivity contribution in [3.05, 3.63) is 65.0 Å². The van der Waals surface area contributed by atoms with E-state index in [1.807, 2.05) is 53.0 Å². The molecule has 0 spiro atoms. The molecule has 7 heteroatoms. The average Bonchev–Trinajstić information content (AvgIpc) is 3.05. The van der Waals surface area contributed by atoms with Crippen LogP contribution in [0.2, 0.25) is 0 Å². The lowest BCUT2D eigenvalue weighted by Crippen LogP contribution is -2.32. The molecule has 1 fully saturated rings.